The lowest BCUT2D eigenvalue weighted by Crippen LogP contribution is -2.36. The number of ether oxygens (including phenoxy) is 1. The van der Waals surface area contributed by atoms with Crippen LogP contribution in [0.25, 0.3) is 0 Å². The summed E-state index contributed by atoms with van der Waals surface area (Å²) >= 11 is 0. The van der Waals surface area contributed by atoms with Crippen LogP contribution in [-0.4, -0.2) is 19.3 Å². The van der Waals surface area contributed by atoms with Gasteiger partial charge in [-0.1, -0.05) is 6.08 Å². The van der Waals surface area contributed by atoms with Crippen molar-refractivity contribution < 1.29 is 4.74 Å². The molecule has 2 nitrogen and oxygen atoms in total. The van der Waals surface area contributed by atoms with Gasteiger partial charge < -0.3 is 10.1 Å². The molecule has 1 saturated heterocycles. The summed E-state index contributed by atoms with van der Waals surface area (Å²) in [6, 6.07) is 0.582. The van der Waals surface area contributed by atoms with Crippen molar-refractivity contribution in [3.8, 4) is 0 Å². The Kier molecular flexibility index (Phi) is 1.19. The van der Waals surface area contributed by atoms with E-state index in [1.807, 2.05) is 6.20 Å². The maximum atomic E-state index is 5.28. The fraction of sp³-hybridized carbons (Fsp3) is 0.714. The van der Waals surface area contributed by atoms with Crippen LogP contribution in [0.5, 0.6) is 0 Å². The molecule has 2 heteroatoms. The second-order valence-corrected chi connectivity index (χ2v) is 2.66. The smallest absolute Gasteiger partial charge is 0.0673 e. The van der Waals surface area contributed by atoms with Gasteiger partial charge in [0.05, 0.1) is 12.6 Å². The third kappa shape index (κ3) is 0.833. The summed E-state index contributed by atoms with van der Waals surface area (Å²) in [6.07, 6.45) is 5.48. The van der Waals surface area contributed by atoms with Crippen molar-refractivity contribution in [2.45, 2.75) is 12.5 Å². The molecule has 2 aliphatic rings. The Morgan fingerprint density at radius 2 is 2.56 bits per heavy atom. The van der Waals surface area contributed by atoms with Gasteiger partial charge in [0.2, 0.25) is 0 Å². The summed E-state index contributed by atoms with van der Waals surface area (Å²) in [4.78, 5) is 0. The van der Waals surface area contributed by atoms with Crippen LogP contribution >= 0.6 is 0 Å². The molecule has 0 aliphatic carbocycles. The first kappa shape index (κ1) is 5.30. The molecule has 2 heterocycles. The van der Waals surface area contributed by atoms with E-state index >= 15 is 0 Å². The van der Waals surface area contributed by atoms with Gasteiger partial charge in [-0.3, -0.25) is 0 Å². The van der Waals surface area contributed by atoms with Gasteiger partial charge in [-0.25, -0.2) is 0 Å². The van der Waals surface area contributed by atoms with Crippen LogP contribution in [0.3, 0.4) is 0 Å². The first-order chi connectivity index (χ1) is 4.47. The van der Waals surface area contributed by atoms with Gasteiger partial charge in [0.1, 0.15) is 0 Å². The molecule has 0 radical (unpaired) electrons. The van der Waals surface area contributed by atoms with E-state index < -0.39 is 0 Å². The van der Waals surface area contributed by atoms with Crippen LogP contribution in [0.15, 0.2) is 12.3 Å². The molecule has 50 valence electrons. The van der Waals surface area contributed by atoms with E-state index in [4.69, 9.17) is 4.74 Å². The molecular formula is C7H11NO. The van der Waals surface area contributed by atoms with E-state index in [-0.39, 0.29) is 0 Å². The standard InChI is InChI=1S/C7H11NO/c1-3-8-7-5-9-4-2-6(1)7/h1,3,6-8H,2,4-5H2. The van der Waals surface area contributed by atoms with Crippen molar-refractivity contribution in [3.63, 3.8) is 0 Å². The Hall–Kier alpha value is -0.500. The zero-order chi connectivity index (χ0) is 6.10. The van der Waals surface area contributed by atoms with Gasteiger partial charge in [-0.2, -0.15) is 0 Å². The van der Waals surface area contributed by atoms with E-state index in [9.17, 15) is 0 Å². The number of hydrogen-bond acceptors (Lipinski definition) is 2. The fourth-order valence-corrected chi connectivity index (χ4v) is 1.46. The van der Waals surface area contributed by atoms with E-state index in [2.05, 4.69) is 11.4 Å². The van der Waals surface area contributed by atoms with Crippen molar-refractivity contribution in [1.82, 2.24) is 5.32 Å². The van der Waals surface area contributed by atoms with Crippen LogP contribution in [-0.2, 0) is 4.74 Å². The summed E-state index contributed by atoms with van der Waals surface area (Å²) in [5.74, 6) is 0.749. The van der Waals surface area contributed by atoms with Crippen molar-refractivity contribution >= 4 is 0 Å². The average Bonchev–Trinajstić information content (AvgIpc) is 2.33. The highest BCUT2D eigenvalue weighted by Crippen LogP contribution is 2.20. The quantitative estimate of drug-likeness (QED) is 0.509. The lowest BCUT2D eigenvalue weighted by atomic mass is 9.98. The highest BCUT2D eigenvalue weighted by molar-refractivity contribution is 5.03. The molecule has 1 N–H and O–H groups in total. The Bertz CT molecular complexity index is 133. The molecule has 0 amide bonds. The van der Waals surface area contributed by atoms with E-state index in [1.165, 1.54) is 6.42 Å². The molecule has 0 spiro atoms. The molecule has 0 aromatic carbocycles. The average molecular weight is 125 g/mol. The molecule has 0 aromatic heterocycles. The second-order valence-electron chi connectivity index (χ2n) is 2.66. The van der Waals surface area contributed by atoms with Crippen molar-refractivity contribution in [1.29, 1.82) is 0 Å². The maximum absolute atomic E-state index is 5.28. The minimum atomic E-state index is 0.582. The van der Waals surface area contributed by atoms with Gasteiger partial charge in [0.15, 0.2) is 0 Å². The Balaban J connectivity index is 2.03. The topological polar surface area (TPSA) is 21.3 Å². The Morgan fingerprint density at radius 3 is 3.44 bits per heavy atom. The molecule has 2 rings (SSSR count). The largest absolute Gasteiger partial charge is 0.385 e. The highest BCUT2D eigenvalue weighted by atomic mass is 16.5. The van der Waals surface area contributed by atoms with Gasteiger partial charge in [0, 0.05) is 12.5 Å². The van der Waals surface area contributed by atoms with Crippen LogP contribution in [0.1, 0.15) is 6.42 Å². The third-order valence-electron chi connectivity index (χ3n) is 2.06. The third-order valence-corrected chi connectivity index (χ3v) is 2.06. The SMILES string of the molecule is C1=CC2CCOCC2N1. The van der Waals surface area contributed by atoms with Gasteiger partial charge in [0.25, 0.3) is 0 Å². The summed E-state index contributed by atoms with van der Waals surface area (Å²) in [7, 11) is 0. The minimum Gasteiger partial charge on any atom is -0.385 e. The molecule has 2 aliphatic heterocycles. The summed E-state index contributed by atoms with van der Waals surface area (Å²) in [5.41, 5.74) is 0. The number of rotatable bonds is 0. The summed E-state index contributed by atoms with van der Waals surface area (Å²) in [6.45, 7) is 1.82. The number of hydrogen-bond donors (Lipinski definition) is 1. The molecule has 2 unspecified atom stereocenters. The van der Waals surface area contributed by atoms with Gasteiger partial charge in [-0.15, -0.1) is 0 Å². The molecule has 0 bridgehead atoms. The minimum absolute atomic E-state index is 0.582. The van der Waals surface area contributed by atoms with E-state index in [0.29, 0.717) is 6.04 Å². The lowest BCUT2D eigenvalue weighted by Gasteiger charge is -2.24. The Morgan fingerprint density at radius 1 is 1.56 bits per heavy atom. The first-order valence-corrected chi connectivity index (χ1v) is 3.47. The van der Waals surface area contributed by atoms with Crippen LogP contribution < -0.4 is 5.32 Å². The summed E-state index contributed by atoms with van der Waals surface area (Å²) in [5, 5.41) is 3.25. The maximum Gasteiger partial charge on any atom is 0.0673 e. The first-order valence-electron chi connectivity index (χ1n) is 3.47. The predicted molar refractivity (Wildman–Crippen MR) is 35.0 cm³/mol. The fourth-order valence-electron chi connectivity index (χ4n) is 1.46. The molecule has 0 aromatic rings. The predicted octanol–water partition coefficient (Wildman–Crippen LogP) is 0.508. The highest BCUT2D eigenvalue weighted by Gasteiger charge is 2.25. The van der Waals surface area contributed by atoms with Crippen molar-refractivity contribution in [2.75, 3.05) is 13.2 Å². The second kappa shape index (κ2) is 2.03. The van der Waals surface area contributed by atoms with Crippen molar-refractivity contribution in [3.05, 3.63) is 12.3 Å². The number of fused-ring (bicyclic) bond motifs is 1. The zero-order valence-corrected chi connectivity index (χ0v) is 5.34. The summed E-state index contributed by atoms with van der Waals surface area (Å²) < 4.78 is 5.28. The number of nitrogens with one attached hydrogen (secondary N) is 1. The molecule has 2 atom stereocenters. The van der Waals surface area contributed by atoms with Gasteiger partial charge in [-0.05, 0) is 12.6 Å². The zero-order valence-electron chi connectivity index (χ0n) is 5.34. The van der Waals surface area contributed by atoms with Crippen molar-refractivity contribution in [2.24, 2.45) is 5.92 Å². The normalized spacial score (nSPS) is 40.0. The van der Waals surface area contributed by atoms with E-state index in [0.717, 1.165) is 19.1 Å². The monoisotopic (exact) mass is 125 g/mol. The van der Waals surface area contributed by atoms with Crippen LogP contribution in [0, 0.1) is 5.92 Å². The molecule has 1 fully saturated rings. The molecule has 9 heavy (non-hydrogen) atoms. The van der Waals surface area contributed by atoms with Gasteiger partial charge >= 0.3 is 0 Å². The Labute approximate surface area is 54.9 Å². The van der Waals surface area contributed by atoms with Crippen LogP contribution in [0.2, 0.25) is 0 Å². The molecular weight excluding hydrogens is 114 g/mol. The van der Waals surface area contributed by atoms with Crippen LogP contribution in [0.4, 0.5) is 0 Å². The molecule has 0 saturated carbocycles. The van der Waals surface area contributed by atoms with E-state index in [1.54, 1.807) is 0 Å². The lowest BCUT2D eigenvalue weighted by molar-refractivity contribution is 0.0591.